The predicted molar refractivity (Wildman–Crippen MR) is 76.5 cm³/mol. The molecule has 0 atom stereocenters. The van der Waals surface area contributed by atoms with Crippen LogP contribution in [-0.2, 0) is 6.42 Å². The van der Waals surface area contributed by atoms with Gasteiger partial charge in [-0.1, -0.05) is 31.2 Å². The predicted octanol–water partition coefficient (Wildman–Crippen LogP) is 4.06. The Hall–Kier alpha value is -1.83. The van der Waals surface area contributed by atoms with E-state index in [9.17, 15) is 0 Å². The van der Waals surface area contributed by atoms with E-state index in [0.717, 1.165) is 18.5 Å². The van der Waals surface area contributed by atoms with Crippen LogP contribution in [0.1, 0.15) is 35.7 Å². The van der Waals surface area contributed by atoms with Gasteiger partial charge in [0.25, 0.3) is 0 Å². The third-order valence-corrected chi connectivity index (χ3v) is 3.41. The SMILES string of the molecule is CC/C(=C/Cc1c(C)cccc1C)c1c[nH]cn1. The number of hydrogen-bond donors (Lipinski definition) is 1. The van der Waals surface area contributed by atoms with Crippen molar-refractivity contribution < 1.29 is 0 Å². The Morgan fingerprint density at radius 2 is 2.00 bits per heavy atom. The number of aromatic amines is 1. The molecule has 2 nitrogen and oxygen atoms in total. The van der Waals surface area contributed by atoms with E-state index in [1.165, 1.54) is 22.3 Å². The van der Waals surface area contributed by atoms with Gasteiger partial charge < -0.3 is 4.98 Å². The van der Waals surface area contributed by atoms with Crippen LogP contribution in [0.3, 0.4) is 0 Å². The first-order chi connectivity index (χ1) is 8.72. The molecular weight excluding hydrogens is 220 g/mol. The molecule has 0 spiro atoms. The van der Waals surface area contributed by atoms with Crippen LogP contribution in [-0.4, -0.2) is 9.97 Å². The van der Waals surface area contributed by atoms with Crippen LogP contribution < -0.4 is 0 Å². The van der Waals surface area contributed by atoms with Gasteiger partial charge in [0.1, 0.15) is 0 Å². The molecule has 0 aliphatic heterocycles. The maximum atomic E-state index is 4.32. The van der Waals surface area contributed by atoms with Gasteiger partial charge in [0, 0.05) is 6.20 Å². The van der Waals surface area contributed by atoms with Gasteiger partial charge in [-0.2, -0.15) is 0 Å². The van der Waals surface area contributed by atoms with Crippen molar-refractivity contribution in [1.29, 1.82) is 0 Å². The molecule has 1 aromatic carbocycles. The zero-order valence-electron chi connectivity index (χ0n) is 11.3. The maximum Gasteiger partial charge on any atom is 0.0927 e. The van der Waals surface area contributed by atoms with Crippen molar-refractivity contribution in [2.45, 2.75) is 33.6 Å². The summed E-state index contributed by atoms with van der Waals surface area (Å²) in [7, 11) is 0. The van der Waals surface area contributed by atoms with Crippen molar-refractivity contribution in [3.63, 3.8) is 0 Å². The van der Waals surface area contributed by atoms with E-state index >= 15 is 0 Å². The maximum absolute atomic E-state index is 4.32. The Morgan fingerprint density at radius 1 is 1.28 bits per heavy atom. The molecular formula is C16H20N2. The van der Waals surface area contributed by atoms with Crippen molar-refractivity contribution >= 4 is 5.57 Å². The first-order valence-corrected chi connectivity index (χ1v) is 6.45. The standard InChI is InChI=1S/C16H20N2/c1-4-14(16-10-17-11-18-16)8-9-15-12(2)6-5-7-13(15)3/h5-8,10-11H,4,9H2,1-3H3,(H,17,18)/b14-8-. The summed E-state index contributed by atoms with van der Waals surface area (Å²) in [6.45, 7) is 6.53. The van der Waals surface area contributed by atoms with Gasteiger partial charge in [-0.25, -0.2) is 4.98 Å². The molecule has 0 aliphatic carbocycles. The number of imidazole rings is 1. The van der Waals surface area contributed by atoms with Crippen LogP contribution in [0.4, 0.5) is 0 Å². The van der Waals surface area contributed by atoms with Gasteiger partial charge >= 0.3 is 0 Å². The minimum absolute atomic E-state index is 0.981. The number of nitrogens with one attached hydrogen (secondary N) is 1. The molecule has 2 rings (SSSR count). The molecule has 1 N–H and O–H groups in total. The number of hydrogen-bond acceptors (Lipinski definition) is 1. The van der Waals surface area contributed by atoms with Crippen LogP contribution in [0.2, 0.25) is 0 Å². The molecule has 0 bridgehead atoms. The van der Waals surface area contributed by atoms with Crippen LogP contribution in [0, 0.1) is 13.8 Å². The quantitative estimate of drug-likeness (QED) is 0.857. The number of aryl methyl sites for hydroxylation is 2. The fourth-order valence-electron chi connectivity index (χ4n) is 2.26. The van der Waals surface area contributed by atoms with Crippen LogP contribution in [0.5, 0.6) is 0 Å². The van der Waals surface area contributed by atoms with Crippen molar-refractivity contribution in [3.05, 3.63) is 59.2 Å². The highest BCUT2D eigenvalue weighted by atomic mass is 14.9. The summed E-state index contributed by atoms with van der Waals surface area (Å²) >= 11 is 0. The zero-order valence-corrected chi connectivity index (χ0v) is 11.3. The normalized spacial score (nSPS) is 11.8. The van der Waals surface area contributed by atoms with Crippen molar-refractivity contribution in [2.75, 3.05) is 0 Å². The number of allylic oxidation sites excluding steroid dienone is 2. The Kier molecular flexibility index (Phi) is 3.98. The van der Waals surface area contributed by atoms with Gasteiger partial charge in [0.05, 0.1) is 12.0 Å². The van der Waals surface area contributed by atoms with Gasteiger partial charge in [0.15, 0.2) is 0 Å². The summed E-state index contributed by atoms with van der Waals surface area (Å²) < 4.78 is 0. The molecule has 0 aliphatic rings. The zero-order chi connectivity index (χ0) is 13.0. The smallest absolute Gasteiger partial charge is 0.0927 e. The highest BCUT2D eigenvalue weighted by molar-refractivity contribution is 5.62. The molecule has 18 heavy (non-hydrogen) atoms. The Labute approximate surface area is 109 Å². The molecule has 0 radical (unpaired) electrons. The fourth-order valence-corrected chi connectivity index (χ4v) is 2.26. The highest BCUT2D eigenvalue weighted by Crippen LogP contribution is 2.19. The molecule has 2 aromatic rings. The third kappa shape index (κ3) is 2.70. The molecule has 94 valence electrons. The first-order valence-electron chi connectivity index (χ1n) is 6.45. The highest BCUT2D eigenvalue weighted by Gasteiger charge is 2.03. The third-order valence-electron chi connectivity index (χ3n) is 3.41. The van der Waals surface area contributed by atoms with E-state index in [1.54, 1.807) is 6.33 Å². The molecule has 1 aromatic heterocycles. The minimum Gasteiger partial charge on any atom is -0.351 e. The Morgan fingerprint density at radius 3 is 2.56 bits per heavy atom. The number of aromatic nitrogens is 2. The summed E-state index contributed by atoms with van der Waals surface area (Å²) in [4.78, 5) is 7.33. The number of H-pyrrole nitrogens is 1. The van der Waals surface area contributed by atoms with Crippen LogP contribution >= 0.6 is 0 Å². The van der Waals surface area contributed by atoms with E-state index in [-0.39, 0.29) is 0 Å². The first kappa shape index (κ1) is 12.6. The summed E-state index contributed by atoms with van der Waals surface area (Å²) in [6, 6.07) is 6.47. The molecule has 0 saturated heterocycles. The van der Waals surface area contributed by atoms with E-state index in [1.807, 2.05) is 6.20 Å². The molecule has 1 heterocycles. The monoisotopic (exact) mass is 240 g/mol. The average molecular weight is 240 g/mol. The lowest BCUT2D eigenvalue weighted by Gasteiger charge is -2.08. The number of rotatable bonds is 4. The Bertz CT molecular complexity index is 516. The summed E-state index contributed by atoms with van der Waals surface area (Å²) in [5.74, 6) is 0. The molecule has 0 unspecified atom stereocenters. The van der Waals surface area contributed by atoms with Gasteiger partial charge in [-0.05, 0) is 49.0 Å². The minimum atomic E-state index is 0.981. The second kappa shape index (κ2) is 5.67. The van der Waals surface area contributed by atoms with E-state index in [4.69, 9.17) is 0 Å². The van der Waals surface area contributed by atoms with E-state index in [0.29, 0.717) is 0 Å². The van der Waals surface area contributed by atoms with E-state index in [2.05, 4.69) is 55.0 Å². The topological polar surface area (TPSA) is 28.7 Å². The summed E-state index contributed by atoms with van der Waals surface area (Å²) in [5.41, 5.74) is 6.52. The molecule has 0 saturated carbocycles. The molecule has 2 heteroatoms. The van der Waals surface area contributed by atoms with Crippen molar-refractivity contribution in [3.8, 4) is 0 Å². The fraction of sp³-hybridized carbons (Fsp3) is 0.312. The molecule has 0 fully saturated rings. The Balaban J connectivity index is 2.24. The van der Waals surface area contributed by atoms with Crippen LogP contribution in [0.15, 0.2) is 36.8 Å². The summed E-state index contributed by atoms with van der Waals surface area (Å²) in [5, 5.41) is 0. The lowest BCUT2D eigenvalue weighted by atomic mass is 9.98. The lowest BCUT2D eigenvalue weighted by molar-refractivity contribution is 1.13. The number of benzene rings is 1. The van der Waals surface area contributed by atoms with E-state index < -0.39 is 0 Å². The second-order valence-electron chi connectivity index (χ2n) is 4.61. The number of nitrogens with zero attached hydrogens (tertiary/aromatic N) is 1. The average Bonchev–Trinajstić information content (AvgIpc) is 2.87. The van der Waals surface area contributed by atoms with Gasteiger partial charge in [-0.15, -0.1) is 0 Å². The van der Waals surface area contributed by atoms with Crippen LogP contribution in [0.25, 0.3) is 5.57 Å². The summed E-state index contributed by atoms with van der Waals surface area (Å²) in [6.07, 6.45) is 7.98. The van der Waals surface area contributed by atoms with Crippen molar-refractivity contribution in [1.82, 2.24) is 9.97 Å². The van der Waals surface area contributed by atoms with Gasteiger partial charge in [-0.3, -0.25) is 0 Å². The lowest BCUT2D eigenvalue weighted by Crippen LogP contribution is -1.93. The second-order valence-corrected chi connectivity index (χ2v) is 4.61. The largest absolute Gasteiger partial charge is 0.351 e. The van der Waals surface area contributed by atoms with Gasteiger partial charge in [0.2, 0.25) is 0 Å². The van der Waals surface area contributed by atoms with Crippen molar-refractivity contribution in [2.24, 2.45) is 0 Å². The molecule has 0 amide bonds.